The van der Waals surface area contributed by atoms with Gasteiger partial charge in [0, 0.05) is 17.6 Å². The highest BCUT2D eigenvalue weighted by atomic mass is 79.9. The SMILES string of the molecule is CC(C)OCCNCc1ccc(F)cc1Br. The van der Waals surface area contributed by atoms with E-state index in [1.54, 1.807) is 6.07 Å². The molecule has 0 spiro atoms. The van der Waals surface area contributed by atoms with Crippen LogP contribution >= 0.6 is 15.9 Å². The topological polar surface area (TPSA) is 21.3 Å². The zero-order chi connectivity index (χ0) is 12.0. The zero-order valence-corrected chi connectivity index (χ0v) is 11.2. The van der Waals surface area contributed by atoms with Crippen molar-refractivity contribution in [3.8, 4) is 0 Å². The molecule has 16 heavy (non-hydrogen) atoms. The molecule has 1 N–H and O–H groups in total. The van der Waals surface area contributed by atoms with Crippen LogP contribution in [0.1, 0.15) is 19.4 Å². The van der Waals surface area contributed by atoms with E-state index in [4.69, 9.17) is 4.74 Å². The number of rotatable bonds is 6. The lowest BCUT2D eigenvalue weighted by atomic mass is 10.2. The molecular weight excluding hydrogens is 273 g/mol. The third-order valence-corrected chi connectivity index (χ3v) is 2.80. The maximum atomic E-state index is 12.8. The Morgan fingerprint density at radius 1 is 1.44 bits per heavy atom. The van der Waals surface area contributed by atoms with Crippen molar-refractivity contribution in [3.63, 3.8) is 0 Å². The van der Waals surface area contributed by atoms with Gasteiger partial charge in [-0.2, -0.15) is 0 Å². The summed E-state index contributed by atoms with van der Waals surface area (Å²) < 4.78 is 19.0. The Labute approximate surface area is 104 Å². The first-order valence-corrected chi connectivity index (χ1v) is 6.15. The fourth-order valence-corrected chi connectivity index (χ4v) is 1.75. The third-order valence-electron chi connectivity index (χ3n) is 2.06. The van der Waals surface area contributed by atoms with Crippen LogP contribution in [0.15, 0.2) is 22.7 Å². The van der Waals surface area contributed by atoms with Gasteiger partial charge >= 0.3 is 0 Å². The van der Waals surface area contributed by atoms with Crippen molar-refractivity contribution in [2.75, 3.05) is 13.2 Å². The number of halogens is 2. The number of ether oxygens (including phenoxy) is 1. The van der Waals surface area contributed by atoms with Gasteiger partial charge in [-0.25, -0.2) is 4.39 Å². The second-order valence-electron chi connectivity index (χ2n) is 3.83. The lowest BCUT2D eigenvalue weighted by Crippen LogP contribution is -2.21. The van der Waals surface area contributed by atoms with Gasteiger partial charge in [0.25, 0.3) is 0 Å². The fourth-order valence-electron chi connectivity index (χ4n) is 1.25. The highest BCUT2D eigenvalue weighted by molar-refractivity contribution is 9.10. The van der Waals surface area contributed by atoms with E-state index in [0.29, 0.717) is 13.2 Å². The summed E-state index contributed by atoms with van der Waals surface area (Å²) >= 11 is 3.33. The van der Waals surface area contributed by atoms with E-state index in [9.17, 15) is 4.39 Å². The average molecular weight is 290 g/mol. The number of hydrogen-bond acceptors (Lipinski definition) is 2. The molecule has 1 aromatic rings. The van der Waals surface area contributed by atoms with Gasteiger partial charge in [0.05, 0.1) is 12.7 Å². The number of hydrogen-bond donors (Lipinski definition) is 1. The Morgan fingerprint density at radius 3 is 2.81 bits per heavy atom. The van der Waals surface area contributed by atoms with Gasteiger partial charge < -0.3 is 10.1 Å². The predicted octanol–water partition coefficient (Wildman–Crippen LogP) is 3.10. The Kier molecular flexibility index (Phi) is 5.95. The first-order chi connectivity index (χ1) is 7.59. The largest absolute Gasteiger partial charge is 0.377 e. The van der Waals surface area contributed by atoms with Gasteiger partial charge in [-0.15, -0.1) is 0 Å². The van der Waals surface area contributed by atoms with Crippen molar-refractivity contribution in [2.24, 2.45) is 0 Å². The normalized spacial score (nSPS) is 11.1. The van der Waals surface area contributed by atoms with Crippen molar-refractivity contribution >= 4 is 15.9 Å². The second-order valence-corrected chi connectivity index (χ2v) is 4.69. The maximum Gasteiger partial charge on any atom is 0.124 e. The van der Waals surface area contributed by atoms with Gasteiger partial charge in [0.15, 0.2) is 0 Å². The summed E-state index contributed by atoms with van der Waals surface area (Å²) in [7, 11) is 0. The van der Waals surface area contributed by atoms with Crippen LogP contribution in [0.3, 0.4) is 0 Å². The number of benzene rings is 1. The van der Waals surface area contributed by atoms with Crippen LogP contribution in [0, 0.1) is 5.82 Å². The van der Waals surface area contributed by atoms with E-state index in [1.165, 1.54) is 12.1 Å². The van der Waals surface area contributed by atoms with Gasteiger partial charge in [-0.05, 0) is 31.5 Å². The highest BCUT2D eigenvalue weighted by Crippen LogP contribution is 2.17. The monoisotopic (exact) mass is 289 g/mol. The van der Waals surface area contributed by atoms with Crippen LogP contribution in [-0.4, -0.2) is 19.3 Å². The average Bonchev–Trinajstić information content (AvgIpc) is 2.20. The van der Waals surface area contributed by atoms with E-state index in [2.05, 4.69) is 21.2 Å². The van der Waals surface area contributed by atoms with Gasteiger partial charge in [0.1, 0.15) is 5.82 Å². The summed E-state index contributed by atoms with van der Waals surface area (Å²) in [6.07, 6.45) is 0.263. The molecule has 0 unspecified atom stereocenters. The van der Waals surface area contributed by atoms with Crippen LogP contribution in [0.5, 0.6) is 0 Å². The van der Waals surface area contributed by atoms with Crippen LogP contribution < -0.4 is 5.32 Å². The zero-order valence-electron chi connectivity index (χ0n) is 9.59. The molecule has 0 fully saturated rings. The van der Waals surface area contributed by atoms with Crippen LogP contribution in [-0.2, 0) is 11.3 Å². The van der Waals surface area contributed by atoms with Crippen molar-refractivity contribution in [3.05, 3.63) is 34.1 Å². The molecule has 0 saturated heterocycles. The van der Waals surface area contributed by atoms with E-state index < -0.39 is 0 Å². The first kappa shape index (κ1) is 13.6. The lowest BCUT2D eigenvalue weighted by molar-refractivity contribution is 0.0807. The van der Waals surface area contributed by atoms with Crippen molar-refractivity contribution < 1.29 is 9.13 Å². The molecule has 0 heterocycles. The summed E-state index contributed by atoms with van der Waals surface area (Å²) in [6.45, 7) is 6.22. The van der Waals surface area contributed by atoms with E-state index in [-0.39, 0.29) is 11.9 Å². The molecule has 0 aliphatic heterocycles. The van der Waals surface area contributed by atoms with Gasteiger partial charge in [-0.3, -0.25) is 0 Å². The first-order valence-electron chi connectivity index (χ1n) is 5.36. The van der Waals surface area contributed by atoms with Gasteiger partial charge in [0.2, 0.25) is 0 Å². The van der Waals surface area contributed by atoms with Crippen LogP contribution in [0.4, 0.5) is 4.39 Å². The predicted molar refractivity (Wildman–Crippen MR) is 66.9 cm³/mol. The molecule has 2 nitrogen and oxygen atoms in total. The molecule has 0 radical (unpaired) electrons. The molecule has 0 amide bonds. The Morgan fingerprint density at radius 2 is 2.19 bits per heavy atom. The summed E-state index contributed by atoms with van der Waals surface area (Å²) in [6, 6.07) is 4.71. The quantitative estimate of drug-likeness (QED) is 0.813. The van der Waals surface area contributed by atoms with Crippen molar-refractivity contribution in [1.29, 1.82) is 0 Å². The molecule has 90 valence electrons. The fraction of sp³-hybridized carbons (Fsp3) is 0.500. The molecule has 0 aliphatic carbocycles. The lowest BCUT2D eigenvalue weighted by Gasteiger charge is -2.09. The minimum atomic E-state index is -0.223. The highest BCUT2D eigenvalue weighted by Gasteiger charge is 2.01. The maximum absolute atomic E-state index is 12.8. The smallest absolute Gasteiger partial charge is 0.124 e. The summed E-state index contributed by atoms with van der Waals surface area (Å²) in [5, 5.41) is 3.24. The Balaban J connectivity index is 2.27. The Bertz CT molecular complexity index is 331. The molecule has 0 atom stereocenters. The van der Waals surface area contributed by atoms with E-state index in [1.807, 2.05) is 13.8 Å². The van der Waals surface area contributed by atoms with Crippen LogP contribution in [0.2, 0.25) is 0 Å². The third kappa shape index (κ3) is 5.05. The molecule has 1 aromatic carbocycles. The van der Waals surface area contributed by atoms with Crippen molar-refractivity contribution in [2.45, 2.75) is 26.5 Å². The number of nitrogens with one attached hydrogen (secondary N) is 1. The second kappa shape index (κ2) is 6.99. The standard InChI is InChI=1S/C12H17BrFNO/c1-9(2)16-6-5-15-8-10-3-4-11(14)7-12(10)13/h3-4,7,9,15H,5-6,8H2,1-2H3. The Hall–Kier alpha value is -0.450. The van der Waals surface area contributed by atoms with Gasteiger partial charge in [-0.1, -0.05) is 22.0 Å². The van der Waals surface area contributed by atoms with Crippen LogP contribution in [0.25, 0.3) is 0 Å². The minimum Gasteiger partial charge on any atom is -0.377 e. The minimum absolute atomic E-state index is 0.223. The summed E-state index contributed by atoms with van der Waals surface area (Å²) in [5.41, 5.74) is 1.05. The van der Waals surface area contributed by atoms with E-state index >= 15 is 0 Å². The van der Waals surface area contributed by atoms with Crippen molar-refractivity contribution in [1.82, 2.24) is 5.32 Å². The molecule has 1 rings (SSSR count). The molecule has 0 aromatic heterocycles. The summed E-state index contributed by atoms with van der Waals surface area (Å²) in [4.78, 5) is 0. The molecular formula is C12H17BrFNO. The molecule has 0 aliphatic rings. The molecule has 0 saturated carbocycles. The molecule has 0 bridgehead atoms. The molecule has 4 heteroatoms. The summed E-state index contributed by atoms with van der Waals surface area (Å²) in [5.74, 6) is -0.223. The van der Waals surface area contributed by atoms with E-state index in [0.717, 1.165) is 16.6 Å².